The minimum Gasteiger partial charge on any atom is -0.404 e. The molecule has 6 nitrogen and oxygen atoms in total. The molecule has 0 saturated carbocycles. The van der Waals surface area contributed by atoms with Crippen molar-refractivity contribution in [3.63, 3.8) is 0 Å². The topological polar surface area (TPSA) is 95.1 Å². The second kappa shape index (κ2) is 9.46. The molecule has 0 radical (unpaired) electrons. The number of hydrogen-bond donors (Lipinski definition) is 3. The molecule has 1 aliphatic rings. The molecule has 31 heavy (non-hydrogen) atoms. The van der Waals surface area contributed by atoms with Crippen LogP contribution in [0.3, 0.4) is 0 Å². The summed E-state index contributed by atoms with van der Waals surface area (Å²) in [5.74, 6) is -1.80. The zero-order valence-corrected chi connectivity index (χ0v) is 16.6. The number of rotatable bonds is 6. The van der Waals surface area contributed by atoms with E-state index >= 15 is 0 Å². The number of nitrogens with zero attached hydrogens (tertiary/aromatic N) is 2. The van der Waals surface area contributed by atoms with Gasteiger partial charge in [0.15, 0.2) is 0 Å². The summed E-state index contributed by atoms with van der Waals surface area (Å²) in [6.45, 7) is 0.462. The van der Waals surface area contributed by atoms with Crippen LogP contribution in [0, 0.1) is 5.41 Å². The average molecular weight is 429 g/mol. The molecule has 0 fully saturated rings. The van der Waals surface area contributed by atoms with E-state index in [9.17, 15) is 18.0 Å². The van der Waals surface area contributed by atoms with E-state index in [2.05, 4.69) is 10.3 Å². The van der Waals surface area contributed by atoms with Gasteiger partial charge in [-0.15, -0.1) is 0 Å². The maximum absolute atomic E-state index is 12.7. The predicted molar refractivity (Wildman–Crippen MR) is 114 cm³/mol. The lowest BCUT2D eigenvalue weighted by Gasteiger charge is -2.29. The number of nitrogens with one attached hydrogen (secondary N) is 2. The summed E-state index contributed by atoms with van der Waals surface area (Å²) < 4.78 is 38.2. The third kappa shape index (κ3) is 5.30. The lowest BCUT2D eigenvalue weighted by molar-refractivity contribution is -0.186. The minimum atomic E-state index is -4.86. The first-order valence-corrected chi connectivity index (χ1v) is 9.58. The van der Waals surface area contributed by atoms with Crippen LogP contribution < -0.4 is 11.1 Å². The number of allylic oxidation sites excluding steroid dienone is 1. The fraction of sp³-hybridized carbons (Fsp3) is 0.227. The molecule has 1 amide bonds. The van der Waals surface area contributed by atoms with E-state index in [1.54, 1.807) is 24.5 Å². The Morgan fingerprint density at radius 1 is 1.29 bits per heavy atom. The smallest absolute Gasteiger partial charge is 0.404 e. The van der Waals surface area contributed by atoms with E-state index < -0.39 is 12.1 Å². The van der Waals surface area contributed by atoms with Crippen LogP contribution in [-0.4, -0.2) is 41.3 Å². The number of benzene rings is 1. The van der Waals surface area contributed by atoms with Crippen LogP contribution >= 0.6 is 0 Å². The highest BCUT2D eigenvalue weighted by Crippen LogP contribution is 2.26. The minimum absolute atomic E-state index is 0.0588. The second-order valence-electron chi connectivity index (χ2n) is 6.97. The Morgan fingerprint density at radius 2 is 2.10 bits per heavy atom. The van der Waals surface area contributed by atoms with Crippen LogP contribution in [0.2, 0.25) is 0 Å². The highest BCUT2D eigenvalue weighted by Gasteiger charge is 2.43. The molecule has 0 spiro atoms. The maximum atomic E-state index is 12.7. The van der Waals surface area contributed by atoms with Crippen molar-refractivity contribution in [2.24, 2.45) is 5.73 Å². The molecule has 2 heterocycles. The standard InChI is InChI=1S/C22H22F3N5O/c23-22(24,25)21(31)30-9-6-15-3-4-19(10-17(15)14-30)29-7-1-2-16-13-28-8-5-20(16)18(11-26)12-27/h1-5,8,10-13,26,29H,6-7,9,14,27H2/b2-1+,18-12+,26-11?. The second-order valence-corrected chi connectivity index (χ2v) is 6.97. The van der Waals surface area contributed by atoms with Crippen molar-refractivity contribution in [2.45, 2.75) is 19.1 Å². The molecular formula is C22H22F3N5O. The summed E-state index contributed by atoms with van der Waals surface area (Å²) in [6.07, 6.45) is 5.08. The molecule has 0 unspecified atom stereocenters. The zero-order chi connectivity index (χ0) is 22.4. The van der Waals surface area contributed by atoms with Crippen LogP contribution in [0.25, 0.3) is 11.6 Å². The molecular weight excluding hydrogens is 407 g/mol. The Morgan fingerprint density at radius 3 is 2.81 bits per heavy atom. The first-order chi connectivity index (χ1) is 14.8. The number of carbonyl (C=O) groups excluding carboxylic acids is 1. The Balaban J connectivity index is 1.66. The number of amides is 1. The van der Waals surface area contributed by atoms with Crippen LogP contribution in [0.4, 0.5) is 18.9 Å². The fourth-order valence-corrected chi connectivity index (χ4v) is 3.40. The van der Waals surface area contributed by atoms with Gasteiger partial charge >= 0.3 is 12.1 Å². The van der Waals surface area contributed by atoms with Crippen molar-refractivity contribution in [3.8, 4) is 0 Å². The van der Waals surface area contributed by atoms with Crippen molar-refractivity contribution in [2.75, 3.05) is 18.4 Å². The highest BCUT2D eigenvalue weighted by atomic mass is 19.4. The van der Waals surface area contributed by atoms with E-state index in [-0.39, 0.29) is 13.1 Å². The zero-order valence-electron chi connectivity index (χ0n) is 16.6. The number of carbonyl (C=O) groups is 1. The van der Waals surface area contributed by atoms with E-state index in [0.717, 1.165) is 27.3 Å². The van der Waals surface area contributed by atoms with E-state index in [1.807, 2.05) is 24.3 Å². The van der Waals surface area contributed by atoms with Gasteiger partial charge in [0.1, 0.15) is 0 Å². The molecule has 2 aromatic rings. The molecule has 0 atom stereocenters. The summed E-state index contributed by atoms with van der Waals surface area (Å²) in [6, 6.07) is 7.29. The number of hydrogen-bond acceptors (Lipinski definition) is 5. The van der Waals surface area contributed by atoms with Crippen LogP contribution in [0.5, 0.6) is 0 Å². The Labute approximate surface area is 177 Å². The molecule has 4 N–H and O–H groups in total. The van der Waals surface area contributed by atoms with Gasteiger partial charge < -0.3 is 21.4 Å². The summed E-state index contributed by atoms with van der Waals surface area (Å²) in [4.78, 5) is 16.5. The fourth-order valence-electron chi connectivity index (χ4n) is 3.40. The molecule has 1 aliphatic heterocycles. The van der Waals surface area contributed by atoms with Gasteiger partial charge in [-0.05, 0) is 41.3 Å². The highest BCUT2D eigenvalue weighted by molar-refractivity contribution is 6.09. The SMILES string of the molecule is N=C/C(=C\N)c1ccncc1/C=C/CNc1ccc2c(c1)CN(C(=O)C(F)(F)F)CC2. The lowest BCUT2D eigenvalue weighted by Crippen LogP contribution is -2.43. The van der Waals surface area contributed by atoms with Gasteiger partial charge in [0.25, 0.3) is 0 Å². The number of fused-ring (bicyclic) bond motifs is 1. The van der Waals surface area contributed by atoms with Crippen molar-refractivity contribution in [1.29, 1.82) is 5.41 Å². The average Bonchev–Trinajstić information content (AvgIpc) is 2.76. The normalized spacial score (nSPS) is 14.4. The third-order valence-electron chi connectivity index (χ3n) is 4.97. The predicted octanol–water partition coefficient (Wildman–Crippen LogP) is 3.60. The number of pyridine rings is 1. The Hall–Kier alpha value is -3.62. The van der Waals surface area contributed by atoms with Gasteiger partial charge in [-0.3, -0.25) is 9.78 Å². The molecule has 1 aromatic heterocycles. The number of nitrogens with two attached hydrogens (primary N) is 1. The van der Waals surface area contributed by atoms with E-state index in [1.165, 1.54) is 12.4 Å². The van der Waals surface area contributed by atoms with Gasteiger partial charge in [0.05, 0.1) is 0 Å². The van der Waals surface area contributed by atoms with E-state index in [4.69, 9.17) is 11.1 Å². The number of aromatic nitrogens is 1. The Kier molecular flexibility index (Phi) is 6.74. The summed E-state index contributed by atoms with van der Waals surface area (Å²) in [7, 11) is 0. The number of halogens is 3. The number of anilines is 1. The summed E-state index contributed by atoms with van der Waals surface area (Å²) in [5, 5.41) is 10.7. The van der Waals surface area contributed by atoms with Crippen LogP contribution in [0.15, 0.2) is 48.9 Å². The van der Waals surface area contributed by atoms with Crippen molar-refractivity contribution in [3.05, 3.63) is 71.2 Å². The van der Waals surface area contributed by atoms with Crippen LogP contribution in [-0.2, 0) is 17.8 Å². The van der Waals surface area contributed by atoms with Crippen molar-refractivity contribution < 1.29 is 18.0 Å². The van der Waals surface area contributed by atoms with E-state index in [0.29, 0.717) is 24.1 Å². The van der Waals surface area contributed by atoms with Gasteiger partial charge in [-0.25, -0.2) is 0 Å². The van der Waals surface area contributed by atoms with Crippen molar-refractivity contribution >= 4 is 29.5 Å². The van der Waals surface area contributed by atoms with Crippen molar-refractivity contribution in [1.82, 2.24) is 9.88 Å². The van der Waals surface area contributed by atoms with Crippen LogP contribution in [0.1, 0.15) is 22.3 Å². The molecule has 0 saturated heterocycles. The lowest BCUT2D eigenvalue weighted by atomic mass is 9.99. The van der Waals surface area contributed by atoms with Gasteiger partial charge in [0, 0.05) is 61.3 Å². The molecule has 162 valence electrons. The Bertz CT molecular complexity index is 1030. The molecule has 9 heteroatoms. The van der Waals surface area contributed by atoms with Gasteiger partial charge in [-0.2, -0.15) is 13.2 Å². The third-order valence-corrected chi connectivity index (χ3v) is 4.97. The first kappa shape index (κ1) is 22.1. The first-order valence-electron chi connectivity index (χ1n) is 9.58. The monoisotopic (exact) mass is 429 g/mol. The summed E-state index contributed by atoms with van der Waals surface area (Å²) >= 11 is 0. The largest absolute Gasteiger partial charge is 0.471 e. The maximum Gasteiger partial charge on any atom is 0.471 e. The molecule has 0 bridgehead atoms. The number of alkyl halides is 3. The van der Waals surface area contributed by atoms with Gasteiger partial charge in [-0.1, -0.05) is 18.2 Å². The molecule has 0 aliphatic carbocycles. The molecule has 3 rings (SSSR count). The molecule has 1 aromatic carbocycles. The quantitative estimate of drug-likeness (QED) is 0.612. The summed E-state index contributed by atoms with van der Waals surface area (Å²) in [5.41, 5.74) is 10.1. The van der Waals surface area contributed by atoms with Gasteiger partial charge in [0.2, 0.25) is 0 Å².